The number of fused-ring (bicyclic) bond motifs is 1. The van der Waals surface area contributed by atoms with Crippen molar-refractivity contribution >= 4 is 17.4 Å². The molecule has 1 aliphatic heterocycles. The molecule has 0 spiro atoms. The van der Waals surface area contributed by atoms with E-state index in [1.807, 2.05) is 46.8 Å². The molecule has 1 unspecified atom stereocenters. The van der Waals surface area contributed by atoms with Crippen molar-refractivity contribution in [3.63, 3.8) is 0 Å². The molecule has 1 atom stereocenters. The SMILES string of the molecule is CC(C1CC1)C(C)(C)O.CCc1cccc(NC(=O)c2ccnc3c2OCCO3)c1C(=O)C(C)C. The molecule has 190 valence electrons. The zero-order chi connectivity index (χ0) is 25.8. The first-order valence-electron chi connectivity index (χ1n) is 12.5. The summed E-state index contributed by atoms with van der Waals surface area (Å²) < 4.78 is 11.0. The number of Topliss-reactive ketones (excluding diaryl/α,β-unsaturated/α-hetero) is 1. The van der Waals surface area contributed by atoms with Crippen molar-refractivity contribution in [1.29, 1.82) is 0 Å². The van der Waals surface area contributed by atoms with Crippen LogP contribution < -0.4 is 14.8 Å². The van der Waals surface area contributed by atoms with Crippen LogP contribution in [0.1, 0.15) is 80.7 Å². The lowest BCUT2D eigenvalue weighted by Crippen LogP contribution is -2.29. The number of amides is 1. The highest BCUT2D eigenvalue weighted by molar-refractivity contribution is 6.11. The second-order valence-electron chi connectivity index (χ2n) is 10.1. The van der Waals surface area contributed by atoms with Gasteiger partial charge < -0.3 is 19.9 Å². The van der Waals surface area contributed by atoms with Crippen LogP contribution in [0.25, 0.3) is 0 Å². The van der Waals surface area contributed by atoms with E-state index in [-0.39, 0.29) is 17.6 Å². The number of nitrogens with one attached hydrogen (secondary N) is 1. The summed E-state index contributed by atoms with van der Waals surface area (Å²) in [5, 5.41) is 12.4. The Morgan fingerprint density at radius 2 is 1.83 bits per heavy atom. The molecule has 2 aromatic rings. The Labute approximate surface area is 208 Å². The molecule has 1 saturated carbocycles. The fourth-order valence-corrected chi connectivity index (χ4v) is 4.07. The Balaban J connectivity index is 0.000000320. The van der Waals surface area contributed by atoms with Gasteiger partial charge in [0.1, 0.15) is 13.2 Å². The van der Waals surface area contributed by atoms with Crippen LogP contribution in [0, 0.1) is 17.8 Å². The molecule has 2 heterocycles. The van der Waals surface area contributed by atoms with Crippen molar-refractivity contribution in [2.45, 2.75) is 66.4 Å². The Hall–Kier alpha value is -2.93. The predicted molar refractivity (Wildman–Crippen MR) is 136 cm³/mol. The van der Waals surface area contributed by atoms with E-state index in [0.717, 1.165) is 11.5 Å². The van der Waals surface area contributed by atoms with E-state index in [4.69, 9.17) is 9.47 Å². The Kier molecular flexibility index (Phi) is 8.54. The van der Waals surface area contributed by atoms with Crippen LogP contribution in [-0.2, 0) is 6.42 Å². The van der Waals surface area contributed by atoms with E-state index in [0.29, 0.717) is 54.0 Å². The van der Waals surface area contributed by atoms with Gasteiger partial charge in [-0.1, -0.05) is 39.8 Å². The maximum absolute atomic E-state index is 12.8. The largest absolute Gasteiger partial charge is 0.484 e. The van der Waals surface area contributed by atoms with Crippen molar-refractivity contribution in [1.82, 2.24) is 4.98 Å². The molecule has 1 aromatic heterocycles. The number of carbonyl (C=O) groups excluding carboxylic acids is 2. The number of ether oxygens (including phenoxy) is 2. The van der Waals surface area contributed by atoms with Gasteiger partial charge in [-0.25, -0.2) is 4.98 Å². The molecule has 35 heavy (non-hydrogen) atoms. The van der Waals surface area contributed by atoms with Gasteiger partial charge in [-0.05, 0) is 62.6 Å². The summed E-state index contributed by atoms with van der Waals surface area (Å²) in [5.41, 5.74) is 1.87. The van der Waals surface area contributed by atoms with Crippen LogP contribution in [0.2, 0.25) is 0 Å². The monoisotopic (exact) mass is 482 g/mol. The topological polar surface area (TPSA) is 97.8 Å². The number of carbonyl (C=O) groups is 2. The quantitative estimate of drug-likeness (QED) is 0.519. The van der Waals surface area contributed by atoms with Gasteiger partial charge in [-0.3, -0.25) is 9.59 Å². The molecule has 1 amide bonds. The number of aliphatic hydroxyl groups is 1. The summed E-state index contributed by atoms with van der Waals surface area (Å²) in [7, 11) is 0. The number of benzene rings is 1. The minimum Gasteiger partial charge on any atom is -0.484 e. The van der Waals surface area contributed by atoms with Crippen molar-refractivity contribution in [2.24, 2.45) is 17.8 Å². The van der Waals surface area contributed by atoms with Crippen LogP contribution in [0.5, 0.6) is 11.6 Å². The Morgan fingerprint density at radius 1 is 1.14 bits per heavy atom. The molecule has 4 rings (SSSR count). The predicted octanol–water partition coefficient (Wildman–Crippen LogP) is 5.31. The molecule has 1 aliphatic carbocycles. The molecular weight excluding hydrogens is 444 g/mol. The first-order chi connectivity index (χ1) is 16.5. The van der Waals surface area contributed by atoms with E-state index in [1.54, 1.807) is 12.1 Å². The standard InChI is InChI=1S/C20H22N2O4.C8H16O/c1-4-13-6-5-7-15(16(13)17(23)12(2)3)22-19(24)14-8-9-21-20-18(14)25-10-11-26-20;1-6(7-4-5-7)8(2,3)9/h5-9,12H,4,10-11H2,1-3H3,(H,22,24);6-7,9H,4-5H2,1-3H3. The highest BCUT2D eigenvalue weighted by atomic mass is 16.6. The third-order valence-corrected chi connectivity index (χ3v) is 6.68. The van der Waals surface area contributed by atoms with Gasteiger partial charge in [0.25, 0.3) is 11.8 Å². The zero-order valence-corrected chi connectivity index (χ0v) is 21.7. The molecule has 1 aromatic carbocycles. The average molecular weight is 483 g/mol. The molecular formula is C28H38N2O5. The van der Waals surface area contributed by atoms with Gasteiger partial charge in [-0.2, -0.15) is 0 Å². The van der Waals surface area contributed by atoms with E-state index in [2.05, 4.69) is 17.2 Å². The Bertz CT molecular complexity index is 1050. The highest BCUT2D eigenvalue weighted by Crippen LogP contribution is 2.41. The molecule has 7 heteroatoms. The van der Waals surface area contributed by atoms with Gasteiger partial charge in [0.15, 0.2) is 11.5 Å². The van der Waals surface area contributed by atoms with Crippen LogP contribution in [-0.4, -0.2) is 40.6 Å². The van der Waals surface area contributed by atoms with Gasteiger partial charge in [0.05, 0.1) is 16.9 Å². The lowest BCUT2D eigenvalue weighted by atomic mass is 9.89. The third-order valence-electron chi connectivity index (χ3n) is 6.68. The van der Waals surface area contributed by atoms with E-state index in [9.17, 15) is 14.7 Å². The van der Waals surface area contributed by atoms with Crippen LogP contribution in [0.4, 0.5) is 5.69 Å². The molecule has 0 saturated heterocycles. The smallest absolute Gasteiger partial charge is 0.259 e. The van der Waals surface area contributed by atoms with Crippen molar-refractivity contribution in [3.8, 4) is 11.6 Å². The number of pyridine rings is 1. The summed E-state index contributed by atoms with van der Waals surface area (Å²) >= 11 is 0. The number of hydrogen-bond donors (Lipinski definition) is 2. The maximum Gasteiger partial charge on any atom is 0.259 e. The summed E-state index contributed by atoms with van der Waals surface area (Å²) in [4.78, 5) is 29.6. The third kappa shape index (κ3) is 6.60. The Morgan fingerprint density at radius 3 is 2.40 bits per heavy atom. The first kappa shape index (κ1) is 26.7. The van der Waals surface area contributed by atoms with Crippen LogP contribution >= 0.6 is 0 Å². The summed E-state index contributed by atoms with van der Waals surface area (Å²) in [6, 6.07) is 7.08. The molecule has 2 aliphatic rings. The molecule has 7 nitrogen and oxygen atoms in total. The van der Waals surface area contributed by atoms with Gasteiger partial charge >= 0.3 is 0 Å². The second kappa shape index (κ2) is 11.2. The number of aryl methyl sites for hydroxylation is 1. The lowest BCUT2D eigenvalue weighted by molar-refractivity contribution is 0.0155. The zero-order valence-electron chi connectivity index (χ0n) is 21.7. The molecule has 0 radical (unpaired) electrons. The number of hydrogen-bond acceptors (Lipinski definition) is 6. The first-order valence-corrected chi connectivity index (χ1v) is 12.5. The minimum absolute atomic E-state index is 0.00842. The van der Waals surface area contributed by atoms with Gasteiger partial charge in [0, 0.05) is 17.7 Å². The van der Waals surface area contributed by atoms with E-state index in [1.165, 1.54) is 19.0 Å². The number of rotatable bonds is 7. The van der Waals surface area contributed by atoms with E-state index < -0.39 is 5.60 Å². The summed E-state index contributed by atoms with van der Waals surface area (Å²) in [5.74, 6) is 1.42. The van der Waals surface area contributed by atoms with Crippen LogP contribution in [0.3, 0.4) is 0 Å². The van der Waals surface area contributed by atoms with Gasteiger partial charge in [0.2, 0.25) is 0 Å². The fraction of sp³-hybridized carbons (Fsp3) is 0.536. The molecule has 0 bridgehead atoms. The van der Waals surface area contributed by atoms with Crippen molar-refractivity contribution in [2.75, 3.05) is 18.5 Å². The number of nitrogens with zero attached hydrogens (tertiary/aromatic N) is 1. The molecule has 1 fully saturated rings. The lowest BCUT2D eigenvalue weighted by Gasteiger charge is -2.25. The van der Waals surface area contributed by atoms with Gasteiger partial charge in [-0.15, -0.1) is 0 Å². The summed E-state index contributed by atoms with van der Waals surface area (Å²) in [6.07, 6.45) is 4.86. The number of anilines is 1. The number of aromatic nitrogens is 1. The fourth-order valence-electron chi connectivity index (χ4n) is 4.07. The van der Waals surface area contributed by atoms with Crippen LogP contribution in [0.15, 0.2) is 30.5 Å². The highest BCUT2D eigenvalue weighted by Gasteiger charge is 2.36. The maximum atomic E-state index is 12.8. The summed E-state index contributed by atoms with van der Waals surface area (Å²) in [6.45, 7) is 12.4. The number of ketones is 1. The van der Waals surface area contributed by atoms with E-state index >= 15 is 0 Å². The minimum atomic E-state index is -0.457. The second-order valence-corrected chi connectivity index (χ2v) is 10.1. The molecule has 2 N–H and O–H groups in total. The normalized spacial score (nSPS) is 15.7. The average Bonchev–Trinajstić information content (AvgIpc) is 3.67. The van der Waals surface area contributed by atoms with Crippen molar-refractivity contribution < 1.29 is 24.2 Å². The van der Waals surface area contributed by atoms with Crippen molar-refractivity contribution in [3.05, 3.63) is 47.2 Å².